The quantitative estimate of drug-likeness (QED) is 0.339. The van der Waals surface area contributed by atoms with Gasteiger partial charge in [0.05, 0.1) is 0 Å². The van der Waals surface area contributed by atoms with Gasteiger partial charge in [0.2, 0.25) is 0 Å². The second-order valence-corrected chi connectivity index (χ2v) is 3.62. The van der Waals surface area contributed by atoms with E-state index in [2.05, 4.69) is 19.6 Å². The molecule has 0 saturated carbocycles. The molecule has 5 heteroatoms. The van der Waals surface area contributed by atoms with Crippen LogP contribution >= 0.6 is 19.6 Å². The summed E-state index contributed by atoms with van der Waals surface area (Å²) >= 11 is -0.363. The van der Waals surface area contributed by atoms with Gasteiger partial charge >= 0.3 is 34.6 Å². The molecule has 0 fully saturated rings. The Labute approximate surface area is 61.0 Å². The van der Waals surface area contributed by atoms with Crippen molar-refractivity contribution in [3.63, 3.8) is 0 Å². The van der Waals surface area contributed by atoms with Crippen molar-refractivity contribution >= 4 is 46.6 Å². The molecule has 0 atom stereocenters. The van der Waals surface area contributed by atoms with Crippen LogP contribution in [0.25, 0.3) is 0 Å². The Balaban J connectivity index is -0.0000000200. The number of rotatable bonds is 0. The van der Waals surface area contributed by atoms with Crippen molar-refractivity contribution in [1.82, 2.24) is 0 Å². The van der Waals surface area contributed by atoms with Crippen molar-refractivity contribution in [3.05, 3.63) is 0 Å². The van der Waals surface area contributed by atoms with Gasteiger partial charge in [-0.05, 0) is 0 Å². The maximum atomic E-state index is 4.34. The van der Waals surface area contributed by atoms with Crippen molar-refractivity contribution in [2.24, 2.45) is 0 Å². The van der Waals surface area contributed by atoms with E-state index in [1.54, 1.807) is 0 Å². The van der Waals surface area contributed by atoms with Crippen LogP contribution < -0.4 is 0 Å². The first kappa shape index (κ1) is 15.8. The Hall–Kier alpha value is 1.83. The minimum atomic E-state index is -0.363. The van der Waals surface area contributed by atoms with E-state index in [4.69, 9.17) is 0 Å². The van der Waals surface area contributed by atoms with Crippen LogP contribution in [0.2, 0.25) is 0 Å². The molecule has 0 spiro atoms. The van der Waals surface area contributed by atoms with Gasteiger partial charge in [-0.15, -0.1) is 0 Å². The summed E-state index contributed by atoms with van der Waals surface area (Å²) in [4.78, 5) is 0. The predicted molar refractivity (Wildman–Crippen MR) is 32.7 cm³/mol. The standard InChI is InChI=1S/Mo.2H2S.2S/h;2*1H2;;/q+2;;;;/p-2. The van der Waals surface area contributed by atoms with Crippen molar-refractivity contribution in [3.8, 4) is 0 Å². The zero-order chi connectivity index (χ0) is 2.71. The summed E-state index contributed by atoms with van der Waals surface area (Å²) in [7, 11) is 8.68. The fourth-order valence-electron chi connectivity index (χ4n) is 0. The van der Waals surface area contributed by atoms with Crippen LogP contribution in [0.3, 0.4) is 0 Å². The van der Waals surface area contributed by atoms with Gasteiger partial charge in [-0.1, -0.05) is 0 Å². The van der Waals surface area contributed by atoms with E-state index in [9.17, 15) is 0 Å². The maximum absolute atomic E-state index is 4.34. The third kappa shape index (κ3) is 25.6. The van der Waals surface area contributed by atoms with Gasteiger partial charge in [-0.3, -0.25) is 0 Å². The van der Waals surface area contributed by atoms with Crippen LogP contribution in [0.4, 0.5) is 0 Å². The third-order valence-corrected chi connectivity index (χ3v) is 0. The Morgan fingerprint density at radius 3 is 1.00 bits per heavy atom. The SMILES string of the molecule is [SH-].[SH-].[S]=[Mo+2]=[S]. The topological polar surface area (TPSA) is 0 Å². The van der Waals surface area contributed by atoms with Crippen molar-refractivity contribution < 1.29 is 14.9 Å². The molecule has 0 N–H and O–H groups in total. The van der Waals surface area contributed by atoms with Crippen molar-refractivity contribution in [2.45, 2.75) is 0 Å². The molecule has 0 amide bonds. The number of thiol groups is 2. The summed E-state index contributed by atoms with van der Waals surface area (Å²) in [6, 6.07) is 0. The van der Waals surface area contributed by atoms with E-state index in [0.29, 0.717) is 0 Å². The van der Waals surface area contributed by atoms with E-state index >= 15 is 0 Å². The average Bonchev–Trinajstić information content (AvgIpc) is 0.918. The van der Waals surface area contributed by atoms with Gasteiger partial charge in [-0.25, -0.2) is 0 Å². The summed E-state index contributed by atoms with van der Waals surface area (Å²) in [5.74, 6) is 0. The second-order valence-electron chi connectivity index (χ2n) is 0.0680. The summed E-state index contributed by atoms with van der Waals surface area (Å²) in [6.07, 6.45) is 0. The molecule has 0 rings (SSSR count). The van der Waals surface area contributed by atoms with Crippen molar-refractivity contribution in [2.75, 3.05) is 0 Å². The van der Waals surface area contributed by atoms with Gasteiger partial charge in [0.1, 0.15) is 0 Å². The molecule has 0 aliphatic carbocycles. The predicted octanol–water partition coefficient (Wildman–Crippen LogP) is 0.754. The Morgan fingerprint density at radius 2 is 1.00 bits per heavy atom. The third-order valence-electron chi connectivity index (χ3n) is 0. The first-order chi connectivity index (χ1) is 1.41. The molecule has 0 saturated heterocycles. The molecule has 0 aromatic heterocycles. The minimum absolute atomic E-state index is 0. The molecular formula is H2MoS4. The molecule has 0 aromatic carbocycles. The van der Waals surface area contributed by atoms with Gasteiger partial charge in [0, 0.05) is 0 Å². The molecule has 0 aromatic rings. The molecule has 32 valence electrons. The van der Waals surface area contributed by atoms with E-state index in [1.807, 2.05) is 0 Å². The van der Waals surface area contributed by atoms with Gasteiger partial charge in [0.15, 0.2) is 0 Å². The summed E-state index contributed by atoms with van der Waals surface area (Å²) < 4.78 is 0. The second kappa shape index (κ2) is 17.0. The van der Waals surface area contributed by atoms with Crippen LogP contribution in [0.15, 0.2) is 0 Å². The fourth-order valence-corrected chi connectivity index (χ4v) is 0. The monoisotopic (exact) mass is 228 g/mol. The van der Waals surface area contributed by atoms with Gasteiger partial charge < -0.3 is 27.0 Å². The summed E-state index contributed by atoms with van der Waals surface area (Å²) in [5, 5.41) is 0. The Kier molecular flexibility index (Phi) is 53.8. The van der Waals surface area contributed by atoms with E-state index in [-0.39, 0.29) is 41.9 Å². The molecule has 0 aliphatic heterocycles. The van der Waals surface area contributed by atoms with E-state index in [0.717, 1.165) is 0 Å². The van der Waals surface area contributed by atoms with E-state index in [1.165, 1.54) is 0 Å². The van der Waals surface area contributed by atoms with Crippen LogP contribution in [-0.2, 0) is 41.9 Å². The molecule has 5 heavy (non-hydrogen) atoms. The number of hydrogen-bond acceptors (Lipinski definition) is 4. The number of hydrogen-bond donors (Lipinski definition) is 0. The normalized spacial score (nSPS) is 1.60. The van der Waals surface area contributed by atoms with Gasteiger partial charge in [-0.2, -0.15) is 0 Å². The van der Waals surface area contributed by atoms with Crippen molar-refractivity contribution in [1.29, 1.82) is 0 Å². The molecule has 0 unspecified atom stereocenters. The zero-order valence-corrected chi connectivity index (χ0v) is 7.55. The Bertz CT molecular complexity index is 24.6. The molecule has 0 nitrogen and oxygen atoms in total. The molecular weight excluding hydrogens is 224 g/mol. The first-order valence-corrected chi connectivity index (χ1v) is 5.92. The molecule has 0 heterocycles. The van der Waals surface area contributed by atoms with Crippen LogP contribution in [0, 0.1) is 0 Å². The Morgan fingerprint density at radius 1 is 1.00 bits per heavy atom. The summed E-state index contributed by atoms with van der Waals surface area (Å²) in [5.41, 5.74) is 0. The van der Waals surface area contributed by atoms with Crippen LogP contribution in [-0.4, -0.2) is 0 Å². The zero-order valence-electron chi connectivity index (χ0n) is 2.12. The molecule has 0 bridgehead atoms. The van der Waals surface area contributed by atoms with Gasteiger partial charge in [0.25, 0.3) is 0 Å². The first-order valence-electron chi connectivity index (χ1n) is 0.333. The average molecular weight is 226 g/mol. The van der Waals surface area contributed by atoms with Crippen LogP contribution in [0.5, 0.6) is 0 Å². The fraction of sp³-hybridized carbons (Fsp3) is 0. The van der Waals surface area contributed by atoms with E-state index < -0.39 is 0 Å². The molecule has 0 radical (unpaired) electrons. The summed E-state index contributed by atoms with van der Waals surface area (Å²) in [6.45, 7) is 0. The molecule has 0 aliphatic rings. The van der Waals surface area contributed by atoms with Crippen LogP contribution in [0.1, 0.15) is 0 Å².